The van der Waals surface area contributed by atoms with Crippen molar-refractivity contribution >= 4 is 39.9 Å². The SMILES string of the molecule is Cc1cc(Br)ccc1NC(=O)CN1CCC2NCCC2C1.Cl. The minimum absolute atomic E-state index is 0. The first-order chi connectivity index (χ1) is 10.1. The third kappa shape index (κ3) is 4.22. The number of carbonyl (C=O) groups excluding carboxylic acids is 1. The van der Waals surface area contributed by atoms with Gasteiger partial charge in [0.15, 0.2) is 0 Å². The molecule has 4 nitrogen and oxygen atoms in total. The molecular formula is C16H23BrClN3O. The molecule has 2 aliphatic heterocycles. The second kappa shape index (κ2) is 7.77. The fourth-order valence-electron chi connectivity index (χ4n) is 3.43. The number of hydrogen-bond acceptors (Lipinski definition) is 3. The molecule has 22 heavy (non-hydrogen) atoms. The smallest absolute Gasteiger partial charge is 0.238 e. The van der Waals surface area contributed by atoms with E-state index in [0.29, 0.717) is 12.6 Å². The van der Waals surface area contributed by atoms with Gasteiger partial charge in [0.05, 0.1) is 6.54 Å². The maximum atomic E-state index is 12.2. The summed E-state index contributed by atoms with van der Waals surface area (Å²) >= 11 is 3.44. The number of likely N-dealkylation sites (tertiary alicyclic amines) is 1. The molecule has 0 bridgehead atoms. The van der Waals surface area contributed by atoms with Crippen molar-refractivity contribution in [1.29, 1.82) is 0 Å². The van der Waals surface area contributed by atoms with Crippen LogP contribution in [0, 0.1) is 12.8 Å². The van der Waals surface area contributed by atoms with Crippen LogP contribution in [0.15, 0.2) is 22.7 Å². The van der Waals surface area contributed by atoms with Gasteiger partial charge in [0.2, 0.25) is 5.91 Å². The maximum absolute atomic E-state index is 12.2. The lowest BCUT2D eigenvalue weighted by atomic mass is 9.93. The summed E-state index contributed by atoms with van der Waals surface area (Å²) in [4.78, 5) is 14.5. The van der Waals surface area contributed by atoms with Crippen LogP contribution in [0.25, 0.3) is 0 Å². The number of fused-ring (bicyclic) bond motifs is 1. The molecule has 122 valence electrons. The highest BCUT2D eigenvalue weighted by Gasteiger charge is 2.32. The van der Waals surface area contributed by atoms with Gasteiger partial charge in [-0.15, -0.1) is 12.4 Å². The zero-order valence-electron chi connectivity index (χ0n) is 12.8. The van der Waals surface area contributed by atoms with Gasteiger partial charge in [0.25, 0.3) is 0 Å². The van der Waals surface area contributed by atoms with E-state index in [-0.39, 0.29) is 18.3 Å². The van der Waals surface area contributed by atoms with Crippen LogP contribution >= 0.6 is 28.3 Å². The van der Waals surface area contributed by atoms with E-state index in [2.05, 4.69) is 31.5 Å². The van der Waals surface area contributed by atoms with Gasteiger partial charge in [-0.25, -0.2) is 0 Å². The van der Waals surface area contributed by atoms with E-state index in [9.17, 15) is 4.79 Å². The van der Waals surface area contributed by atoms with Crippen LogP contribution in [0.3, 0.4) is 0 Å². The molecule has 2 fully saturated rings. The predicted octanol–water partition coefficient (Wildman–Crippen LogP) is 2.80. The van der Waals surface area contributed by atoms with Crippen LogP contribution in [0.5, 0.6) is 0 Å². The van der Waals surface area contributed by atoms with E-state index >= 15 is 0 Å². The average molecular weight is 389 g/mol. The third-order valence-corrected chi connectivity index (χ3v) is 5.06. The molecule has 1 amide bonds. The van der Waals surface area contributed by atoms with Crippen molar-refractivity contribution < 1.29 is 4.79 Å². The first-order valence-electron chi connectivity index (χ1n) is 7.63. The quantitative estimate of drug-likeness (QED) is 0.837. The van der Waals surface area contributed by atoms with E-state index < -0.39 is 0 Å². The van der Waals surface area contributed by atoms with Crippen molar-refractivity contribution in [2.24, 2.45) is 5.92 Å². The van der Waals surface area contributed by atoms with Gasteiger partial charge in [0.1, 0.15) is 0 Å². The molecule has 2 heterocycles. The molecule has 1 aromatic rings. The second-order valence-corrected chi connectivity index (χ2v) is 7.06. The molecule has 2 saturated heterocycles. The van der Waals surface area contributed by atoms with Crippen molar-refractivity contribution in [2.75, 3.05) is 31.5 Å². The van der Waals surface area contributed by atoms with E-state index in [1.54, 1.807) is 0 Å². The Morgan fingerprint density at radius 3 is 3.05 bits per heavy atom. The fraction of sp³-hybridized carbons (Fsp3) is 0.562. The molecule has 0 spiro atoms. The minimum atomic E-state index is 0. The van der Waals surface area contributed by atoms with E-state index in [1.807, 2.05) is 25.1 Å². The number of hydrogen-bond donors (Lipinski definition) is 2. The van der Waals surface area contributed by atoms with Crippen LogP contribution < -0.4 is 10.6 Å². The number of amides is 1. The van der Waals surface area contributed by atoms with Crippen LogP contribution in [-0.4, -0.2) is 43.0 Å². The molecule has 0 aromatic heterocycles. The number of piperidine rings is 1. The van der Waals surface area contributed by atoms with Crippen molar-refractivity contribution in [3.05, 3.63) is 28.2 Å². The highest BCUT2D eigenvalue weighted by molar-refractivity contribution is 9.10. The van der Waals surface area contributed by atoms with Gasteiger partial charge in [-0.05, 0) is 56.0 Å². The molecular weight excluding hydrogens is 366 g/mol. The topological polar surface area (TPSA) is 44.4 Å². The van der Waals surface area contributed by atoms with Gasteiger partial charge < -0.3 is 10.6 Å². The highest BCUT2D eigenvalue weighted by Crippen LogP contribution is 2.24. The fourth-order valence-corrected chi connectivity index (χ4v) is 3.90. The standard InChI is InChI=1S/C16H22BrN3O.ClH/c1-11-8-13(17)2-3-14(11)19-16(21)10-20-7-5-15-12(9-20)4-6-18-15;/h2-3,8,12,15,18H,4-7,9-10H2,1H3,(H,19,21);1H. The highest BCUT2D eigenvalue weighted by atomic mass is 79.9. The van der Waals surface area contributed by atoms with Crippen molar-refractivity contribution in [2.45, 2.75) is 25.8 Å². The Morgan fingerprint density at radius 1 is 1.45 bits per heavy atom. The molecule has 3 rings (SSSR count). The summed E-state index contributed by atoms with van der Waals surface area (Å²) in [6.07, 6.45) is 2.41. The summed E-state index contributed by atoms with van der Waals surface area (Å²) in [5, 5.41) is 6.58. The number of aryl methyl sites for hydroxylation is 1. The minimum Gasteiger partial charge on any atom is -0.325 e. The zero-order chi connectivity index (χ0) is 14.8. The number of halogens is 2. The summed E-state index contributed by atoms with van der Waals surface area (Å²) in [7, 11) is 0. The predicted molar refractivity (Wildman–Crippen MR) is 95.7 cm³/mol. The number of benzene rings is 1. The van der Waals surface area contributed by atoms with Crippen molar-refractivity contribution in [3.8, 4) is 0 Å². The van der Waals surface area contributed by atoms with Gasteiger partial charge in [-0.2, -0.15) is 0 Å². The Morgan fingerprint density at radius 2 is 2.27 bits per heavy atom. The van der Waals surface area contributed by atoms with Gasteiger partial charge in [-0.1, -0.05) is 15.9 Å². The molecule has 0 aliphatic carbocycles. The normalized spacial score (nSPS) is 24.5. The summed E-state index contributed by atoms with van der Waals surface area (Å²) in [6, 6.07) is 6.60. The maximum Gasteiger partial charge on any atom is 0.238 e. The Hall–Kier alpha value is -0.620. The lowest BCUT2D eigenvalue weighted by Gasteiger charge is -2.34. The largest absolute Gasteiger partial charge is 0.325 e. The average Bonchev–Trinajstić information content (AvgIpc) is 2.89. The Bertz CT molecular complexity index is 540. The molecule has 2 aliphatic rings. The number of rotatable bonds is 3. The van der Waals surface area contributed by atoms with Crippen molar-refractivity contribution in [3.63, 3.8) is 0 Å². The van der Waals surface area contributed by atoms with Crippen LogP contribution in [0.2, 0.25) is 0 Å². The number of nitrogens with zero attached hydrogens (tertiary/aromatic N) is 1. The van der Waals surface area contributed by atoms with Gasteiger partial charge >= 0.3 is 0 Å². The lowest BCUT2D eigenvalue weighted by molar-refractivity contribution is -0.117. The molecule has 2 atom stereocenters. The summed E-state index contributed by atoms with van der Waals surface area (Å²) in [5.41, 5.74) is 1.98. The van der Waals surface area contributed by atoms with E-state index in [4.69, 9.17) is 0 Å². The molecule has 0 saturated carbocycles. The van der Waals surface area contributed by atoms with Gasteiger partial charge in [0, 0.05) is 29.3 Å². The van der Waals surface area contributed by atoms with Gasteiger partial charge in [-0.3, -0.25) is 9.69 Å². The Balaban J connectivity index is 0.00000176. The number of carbonyl (C=O) groups is 1. The summed E-state index contributed by atoms with van der Waals surface area (Å²) in [5.74, 6) is 0.811. The molecule has 6 heteroatoms. The molecule has 2 N–H and O–H groups in total. The summed E-state index contributed by atoms with van der Waals surface area (Å²) in [6.45, 7) is 5.70. The molecule has 0 radical (unpaired) electrons. The lowest BCUT2D eigenvalue weighted by Crippen LogP contribution is -2.46. The van der Waals surface area contributed by atoms with E-state index in [0.717, 1.165) is 47.7 Å². The second-order valence-electron chi connectivity index (χ2n) is 6.14. The van der Waals surface area contributed by atoms with Crippen LogP contribution in [0.1, 0.15) is 18.4 Å². The first-order valence-corrected chi connectivity index (χ1v) is 8.43. The van der Waals surface area contributed by atoms with E-state index in [1.165, 1.54) is 6.42 Å². The Labute approximate surface area is 146 Å². The van der Waals surface area contributed by atoms with Crippen molar-refractivity contribution in [1.82, 2.24) is 10.2 Å². The Kier molecular flexibility index (Phi) is 6.26. The monoisotopic (exact) mass is 387 g/mol. The zero-order valence-corrected chi connectivity index (χ0v) is 15.2. The third-order valence-electron chi connectivity index (χ3n) is 4.57. The number of nitrogens with one attached hydrogen (secondary N) is 2. The van der Waals surface area contributed by atoms with Crippen LogP contribution in [-0.2, 0) is 4.79 Å². The summed E-state index contributed by atoms with van der Waals surface area (Å²) < 4.78 is 1.04. The number of anilines is 1. The molecule has 2 unspecified atom stereocenters. The van der Waals surface area contributed by atoms with Crippen LogP contribution in [0.4, 0.5) is 5.69 Å². The molecule has 1 aromatic carbocycles. The first kappa shape index (κ1) is 17.7.